The van der Waals surface area contributed by atoms with Gasteiger partial charge in [-0.25, -0.2) is 4.98 Å². The van der Waals surface area contributed by atoms with Crippen LogP contribution in [0.25, 0.3) is 83.4 Å². The molecule has 0 N–H and O–H groups in total. The minimum atomic E-state index is -1.83. The van der Waals surface area contributed by atoms with Crippen LogP contribution in [0.1, 0.15) is 47.0 Å². The van der Waals surface area contributed by atoms with Crippen molar-refractivity contribution in [1.29, 1.82) is 0 Å². The number of hydrogen-bond donors (Lipinski definition) is 0. The van der Waals surface area contributed by atoms with E-state index in [-0.39, 0.29) is 49.0 Å². The molecule has 346 valence electrons. The van der Waals surface area contributed by atoms with E-state index in [1.807, 2.05) is 110 Å². The molecule has 12 aromatic rings. The molecule has 0 bridgehead atoms. The number of hydrogen-bond acceptors (Lipinski definition) is 2. The normalized spacial score (nSPS) is 14.1. The Balaban J connectivity index is 0.00000721. The maximum atomic E-state index is 9.61. The molecule has 0 radical (unpaired) electrons. The molecule has 0 spiro atoms. The van der Waals surface area contributed by atoms with E-state index < -0.39 is 72.2 Å². The van der Waals surface area contributed by atoms with Crippen LogP contribution in [0.4, 0.5) is 0 Å². The largest absolute Gasteiger partial charge is 0.510 e. The summed E-state index contributed by atoms with van der Waals surface area (Å²) in [5, 5.41) is 1.78. The molecule has 0 aliphatic rings. The van der Waals surface area contributed by atoms with Gasteiger partial charge in [-0.1, -0.05) is 189 Å². The third-order valence-electron chi connectivity index (χ3n) is 12.6. The molecule has 3 aromatic heterocycles. The van der Waals surface area contributed by atoms with Gasteiger partial charge in [0, 0.05) is 47.0 Å². The number of para-hydroxylation sites is 2. The Hall–Kier alpha value is -8.11. The van der Waals surface area contributed by atoms with Gasteiger partial charge in [0.2, 0.25) is 0 Å². The molecule has 9 aromatic carbocycles. The van der Waals surface area contributed by atoms with Gasteiger partial charge in [0.05, 0.1) is 30.4 Å². The summed E-state index contributed by atoms with van der Waals surface area (Å²) in [7, 11) is 0. The van der Waals surface area contributed by atoms with Gasteiger partial charge in [-0.2, -0.15) is 18.2 Å². The van der Waals surface area contributed by atoms with Gasteiger partial charge in [0.15, 0.2) is 0 Å². The molecule has 3 heterocycles. The molecule has 0 amide bonds. The summed E-state index contributed by atoms with van der Waals surface area (Å²) in [4.78, 5) is 4.86. The third-order valence-corrected chi connectivity index (χ3v) is 12.6. The van der Waals surface area contributed by atoms with Crippen molar-refractivity contribution in [2.75, 3.05) is 0 Å². The quantitative estimate of drug-likeness (QED) is 0.0956. The van der Waals surface area contributed by atoms with Gasteiger partial charge in [-0.15, -0.1) is 29.7 Å². The topological polar surface area (TPSA) is 35.9 Å². The van der Waals surface area contributed by atoms with E-state index in [0.29, 0.717) is 45.1 Å². The van der Waals surface area contributed by atoms with Crippen molar-refractivity contribution in [3.63, 3.8) is 0 Å². The number of benzene rings is 9. The van der Waals surface area contributed by atoms with E-state index in [2.05, 4.69) is 42.7 Å². The zero-order valence-corrected chi connectivity index (χ0v) is 40.9. The molecule has 0 fully saturated rings. The predicted molar refractivity (Wildman–Crippen MR) is 284 cm³/mol. The summed E-state index contributed by atoms with van der Waals surface area (Å²) >= 11 is 0. The zero-order chi connectivity index (χ0) is 57.7. The van der Waals surface area contributed by atoms with Crippen molar-refractivity contribution in [3.8, 4) is 62.1 Å². The van der Waals surface area contributed by atoms with Crippen LogP contribution in [0.2, 0.25) is 0 Å². The Morgan fingerprint density at radius 3 is 2.03 bits per heavy atom. The maximum absolute atomic E-state index is 9.61. The number of aryl methyl sites for hydroxylation is 1. The van der Waals surface area contributed by atoms with Gasteiger partial charge in [-0.05, 0) is 98.1 Å². The monoisotopic (exact) mass is 1110 g/mol. The summed E-state index contributed by atoms with van der Waals surface area (Å²) < 4.78 is 119. The van der Waals surface area contributed by atoms with Gasteiger partial charge >= 0.3 is 0 Å². The summed E-state index contributed by atoms with van der Waals surface area (Å²) in [6, 6.07) is 50.5. The number of ether oxygens (including phenoxy) is 1. The third kappa shape index (κ3) is 8.58. The van der Waals surface area contributed by atoms with Crippen LogP contribution in [0.3, 0.4) is 0 Å². The Morgan fingerprint density at radius 2 is 1.30 bits per heavy atom. The molecule has 0 unspecified atom stereocenters. The van der Waals surface area contributed by atoms with E-state index >= 15 is 0 Å². The van der Waals surface area contributed by atoms with Crippen LogP contribution in [0.5, 0.6) is 11.5 Å². The van der Waals surface area contributed by atoms with E-state index in [4.69, 9.17) is 23.4 Å². The van der Waals surface area contributed by atoms with E-state index in [1.165, 1.54) is 0 Å². The molecule has 0 saturated carbocycles. The Morgan fingerprint density at radius 1 is 0.620 bits per heavy atom. The van der Waals surface area contributed by atoms with Crippen LogP contribution < -0.4 is 9.30 Å². The molecule has 0 atom stereocenters. The molecule has 0 aliphatic carbocycles. The van der Waals surface area contributed by atoms with E-state index in [9.17, 15) is 2.74 Å². The van der Waals surface area contributed by atoms with Crippen molar-refractivity contribution in [2.45, 2.75) is 32.6 Å². The molecule has 71 heavy (non-hydrogen) atoms. The van der Waals surface area contributed by atoms with Gasteiger partial charge in [-0.3, -0.25) is 4.57 Å². The second kappa shape index (κ2) is 19.0. The summed E-state index contributed by atoms with van der Waals surface area (Å²) in [6.07, 6.45) is 3.25. The molecular formula is C65H48N4OPt-2. The number of fused-ring (bicyclic) bond motifs is 4. The fraction of sp³-hybridized carbons (Fsp3) is 0.0769. The van der Waals surface area contributed by atoms with Crippen molar-refractivity contribution in [1.82, 2.24) is 14.1 Å². The minimum absolute atomic E-state index is 0. The second-order valence-electron chi connectivity index (χ2n) is 17.5. The molecule has 0 saturated heterocycles. The van der Waals surface area contributed by atoms with Crippen molar-refractivity contribution in [3.05, 3.63) is 259 Å². The van der Waals surface area contributed by atoms with Crippen LogP contribution in [-0.2, 0) is 32.9 Å². The summed E-state index contributed by atoms with van der Waals surface area (Å²) in [5.41, 5.74) is 6.31. The number of pyridine rings is 1. The molecular weight excluding hydrogens is 1050 g/mol. The average Bonchev–Trinajstić information content (AvgIpc) is 4.09. The fourth-order valence-corrected chi connectivity index (χ4v) is 9.30. The summed E-state index contributed by atoms with van der Waals surface area (Å²) in [6.45, 7) is 5.69. The Labute approximate surface area is 446 Å². The number of rotatable bonds is 11. The first-order chi connectivity index (χ1) is 39.3. The van der Waals surface area contributed by atoms with E-state index in [1.54, 1.807) is 63.9 Å². The summed E-state index contributed by atoms with van der Waals surface area (Å²) in [5.74, 6) is 1.13. The minimum Gasteiger partial charge on any atom is -0.510 e. The number of imidazole rings is 1. The fourth-order valence-electron chi connectivity index (χ4n) is 9.30. The predicted octanol–water partition coefficient (Wildman–Crippen LogP) is 15.4. The van der Waals surface area contributed by atoms with Crippen LogP contribution in [-0.4, -0.2) is 14.1 Å². The number of nitrogens with zero attached hydrogens (tertiary/aromatic N) is 4. The first-order valence-electron chi connectivity index (χ1n) is 28.8. The first-order valence-corrected chi connectivity index (χ1v) is 22.8. The smallest absolute Gasteiger partial charge is 0.268 e. The van der Waals surface area contributed by atoms with Gasteiger partial charge < -0.3 is 13.9 Å². The van der Waals surface area contributed by atoms with Crippen LogP contribution in [0.15, 0.2) is 224 Å². The van der Waals surface area contributed by atoms with Crippen LogP contribution in [0, 0.1) is 25.4 Å². The van der Waals surface area contributed by atoms with Gasteiger partial charge in [0.25, 0.3) is 6.33 Å². The molecule has 5 nitrogen and oxygen atoms in total. The standard InChI is InChI=1S/C65H48N4O.Pt/c1-45-19-16-32-60-63(45)68(64-55(48-22-10-5-11-23-48)30-18-31-56(64)49-24-12-6-13-25-49)44-67(60)52-28-17-29-53(41-52)70-54-34-35-57-58-40-50(47-20-8-4-9-21-47)33-36-59(58)69(61(57)42-54)62-39-46(37-38-66-62)43-65(2,3)51-26-14-7-15-27-51;/h4-40H,43H2,1-3H3;/q-2;/i5D,6D,10D,11D,12D,13D,22D,23D,24D,25D,43D2;. The second-order valence-corrected chi connectivity index (χ2v) is 17.5. The molecule has 6 heteroatoms. The van der Waals surface area contributed by atoms with Crippen molar-refractivity contribution in [2.24, 2.45) is 0 Å². The van der Waals surface area contributed by atoms with Crippen molar-refractivity contribution >= 4 is 32.8 Å². The Kier molecular flexibility index (Phi) is 8.95. The van der Waals surface area contributed by atoms with Crippen molar-refractivity contribution < 1.29 is 46.8 Å². The van der Waals surface area contributed by atoms with Gasteiger partial charge in [0.1, 0.15) is 5.82 Å². The first kappa shape index (κ1) is 33.4. The van der Waals surface area contributed by atoms with E-state index in [0.717, 1.165) is 38.5 Å². The Bertz CT molecular complexity index is 4440. The number of aromatic nitrogens is 4. The average molecular weight is 1110 g/mol. The molecule has 0 aliphatic heterocycles. The molecule has 12 rings (SSSR count). The maximum Gasteiger partial charge on any atom is 0.268 e. The SMILES string of the molecule is [2H]c1c([2H])c([2H])c(-c2cccc(-c3c([2H])c([2H])c([2H])c([2H])c3[2H])c2-[n+]2[c-]n(-c3[c-]c(Oc4[c-]c5c(cc4)c4cc(-c6ccccc6)ccc4n5-c4cc(C([2H])([2H])C(C)(C)c5ccccc5)ccn4)ccc3)c3cccc(C)c32)c([2H])c1[2H].[Pt]. The van der Waals surface area contributed by atoms with Crippen LogP contribution >= 0.6 is 0 Å². The zero-order valence-electron chi connectivity index (χ0n) is 50.6.